The lowest BCUT2D eigenvalue weighted by Gasteiger charge is -2.11. The Hall–Kier alpha value is -2.56. The fraction of sp³-hybridized carbons (Fsp3) is 0.167. The summed E-state index contributed by atoms with van der Waals surface area (Å²) >= 11 is 0. The molecule has 0 atom stereocenters. The summed E-state index contributed by atoms with van der Waals surface area (Å²) in [7, 11) is -4.20. The van der Waals surface area contributed by atoms with Crippen molar-refractivity contribution in [2.75, 3.05) is 6.26 Å². The topological polar surface area (TPSA) is 120 Å². The minimum Gasteiger partial charge on any atom is -0.493 e. The lowest BCUT2D eigenvalue weighted by molar-refractivity contribution is -0.137. The molecule has 0 aliphatic carbocycles. The van der Waals surface area contributed by atoms with Crippen molar-refractivity contribution < 1.29 is 31.5 Å². The molecule has 7 nitrogen and oxygen atoms in total. The van der Waals surface area contributed by atoms with Gasteiger partial charge in [0.05, 0.1) is 10.5 Å². The first-order valence-corrected chi connectivity index (χ1v) is 7.77. The van der Waals surface area contributed by atoms with Crippen LogP contribution < -0.4 is 5.56 Å². The Balaban J connectivity index is 2.73. The van der Waals surface area contributed by atoms with Crippen molar-refractivity contribution in [2.45, 2.75) is 11.1 Å². The highest BCUT2D eigenvalue weighted by Gasteiger charge is 2.34. The summed E-state index contributed by atoms with van der Waals surface area (Å²) in [5.41, 5.74) is -3.75. The van der Waals surface area contributed by atoms with Crippen molar-refractivity contribution in [2.24, 2.45) is 0 Å². The fourth-order valence-electron chi connectivity index (χ4n) is 1.89. The molecular formula is C12H9F3N2O5S. The number of aromatic amines is 2. The van der Waals surface area contributed by atoms with Crippen molar-refractivity contribution in [3.8, 4) is 5.88 Å². The van der Waals surface area contributed by atoms with Crippen LogP contribution in [0.4, 0.5) is 13.2 Å². The van der Waals surface area contributed by atoms with E-state index in [4.69, 9.17) is 0 Å². The zero-order valence-electron chi connectivity index (χ0n) is 11.4. The maximum atomic E-state index is 12.7. The predicted octanol–water partition coefficient (Wildman–Crippen LogP) is 1.06. The van der Waals surface area contributed by atoms with Crippen molar-refractivity contribution in [3.05, 3.63) is 45.2 Å². The van der Waals surface area contributed by atoms with Crippen LogP contribution in [-0.4, -0.2) is 35.8 Å². The number of carbonyl (C=O) groups excluding carboxylic acids is 1. The first-order chi connectivity index (χ1) is 10.4. The van der Waals surface area contributed by atoms with Crippen LogP contribution in [0.3, 0.4) is 0 Å². The number of halogens is 3. The van der Waals surface area contributed by atoms with E-state index in [1.54, 1.807) is 0 Å². The molecule has 23 heavy (non-hydrogen) atoms. The molecule has 0 spiro atoms. The molecule has 2 aromatic rings. The van der Waals surface area contributed by atoms with E-state index >= 15 is 0 Å². The lowest BCUT2D eigenvalue weighted by Crippen LogP contribution is -2.17. The quantitative estimate of drug-likeness (QED) is 0.715. The number of aromatic hydroxyl groups is 1. The van der Waals surface area contributed by atoms with Crippen LogP contribution in [0.2, 0.25) is 0 Å². The van der Waals surface area contributed by atoms with E-state index in [1.807, 2.05) is 10.2 Å². The second-order valence-electron chi connectivity index (χ2n) is 4.61. The van der Waals surface area contributed by atoms with E-state index in [2.05, 4.69) is 0 Å². The number of hydrogen-bond acceptors (Lipinski definition) is 5. The van der Waals surface area contributed by atoms with Gasteiger partial charge in [0.25, 0.3) is 5.56 Å². The molecule has 3 N–H and O–H groups in total. The molecule has 0 unspecified atom stereocenters. The molecular weight excluding hydrogens is 341 g/mol. The Labute approximate surface area is 126 Å². The van der Waals surface area contributed by atoms with Crippen molar-refractivity contribution in [1.29, 1.82) is 0 Å². The molecule has 0 fully saturated rings. The number of hydrogen-bond donors (Lipinski definition) is 3. The van der Waals surface area contributed by atoms with Crippen LogP contribution in [-0.2, 0) is 16.0 Å². The molecule has 124 valence electrons. The first kappa shape index (κ1) is 16.8. The van der Waals surface area contributed by atoms with Crippen molar-refractivity contribution >= 4 is 15.6 Å². The van der Waals surface area contributed by atoms with Crippen LogP contribution in [0.25, 0.3) is 0 Å². The second-order valence-corrected chi connectivity index (χ2v) is 6.60. The predicted molar refractivity (Wildman–Crippen MR) is 71.1 cm³/mol. The van der Waals surface area contributed by atoms with Gasteiger partial charge in [0.15, 0.2) is 15.4 Å². The van der Waals surface area contributed by atoms with Crippen molar-refractivity contribution in [3.63, 3.8) is 0 Å². The number of rotatable bonds is 3. The first-order valence-electron chi connectivity index (χ1n) is 5.88. The van der Waals surface area contributed by atoms with Gasteiger partial charge in [-0.15, -0.1) is 0 Å². The van der Waals surface area contributed by atoms with Gasteiger partial charge in [0.2, 0.25) is 11.7 Å². The third-order valence-corrected chi connectivity index (χ3v) is 4.08. The van der Waals surface area contributed by atoms with Crippen LogP contribution in [0, 0.1) is 0 Å². The molecule has 1 aromatic carbocycles. The van der Waals surface area contributed by atoms with Crippen molar-refractivity contribution in [1.82, 2.24) is 10.2 Å². The Morgan fingerprint density at radius 1 is 1.22 bits per heavy atom. The normalized spacial score (nSPS) is 12.3. The van der Waals surface area contributed by atoms with Crippen LogP contribution in [0.15, 0.2) is 27.9 Å². The van der Waals surface area contributed by atoms with E-state index in [9.17, 15) is 36.3 Å². The summed E-state index contributed by atoms with van der Waals surface area (Å²) < 4.78 is 61.5. The number of sulfone groups is 1. The Morgan fingerprint density at radius 2 is 1.83 bits per heavy atom. The van der Waals surface area contributed by atoms with Gasteiger partial charge in [-0.2, -0.15) is 13.2 Å². The van der Waals surface area contributed by atoms with E-state index in [-0.39, 0.29) is 0 Å². The molecule has 0 aliphatic rings. The van der Waals surface area contributed by atoms with E-state index in [0.29, 0.717) is 24.5 Å². The van der Waals surface area contributed by atoms with Gasteiger partial charge in [0, 0.05) is 11.8 Å². The highest BCUT2D eigenvalue weighted by Crippen LogP contribution is 2.32. The molecule has 0 aliphatic heterocycles. The molecule has 0 bridgehead atoms. The zero-order chi connectivity index (χ0) is 17.6. The molecule has 11 heteroatoms. The van der Waals surface area contributed by atoms with Gasteiger partial charge in [-0.3, -0.25) is 19.8 Å². The fourth-order valence-corrected chi connectivity index (χ4v) is 2.79. The Morgan fingerprint density at radius 3 is 2.26 bits per heavy atom. The van der Waals surface area contributed by atoms with Gasteiger partial charge in [0.1, 0.15) is 0 Å². The number of ketones is 1. The summed E-state index contributed by atoms with van der Waals surface area (Å²) in [5, 5.41) is 13.3. The number of benzene rings is 1. The minimum atomic E-state index is -4.81. The summed E-state index contributed by atoms with van der Waals surface area (Å²) in [6.45, 7) is 0. The van der Waals surface area contributed by atoms with Gasteiger partial charge < -0.3 is 5.11 Å². The summed E-state index contributed by atoms with van der Waals surface area (Å²) in [6.07, 6.45) is -4.19. The summed E-state index contributed by atoms with van der Waals surface area (Å²) in [6, 6.07) is 1.47. The van der Waals surface area contributed by atoms with Gasteiger partial charge in [-0.05, 0) is 18.2 Å². The maximum absolute atomic E-state index is 12.7. The third-order valence-electron chi connectivity index (χ3n) is 2.94. The number of aromatic nitrogens is 2. The van der Waals surface area contributed by atoms with E-state index in [1.165, 1.54) is 0 Å². The highest BCUT2D eigenvalue weighted by molar-refractivity contribution is 7.90. The molecule has 2 rings (SSSR count). The monoisotopic (exact) mass is 350 g/mol. The third kappa shape index (κ3) is 3.13. The van der Waals surface area contributed by atoms with E-state index < -0.39 is 54.8 Å². The van der Waals surface area contributed by atoms with Crippen LogP contribution >= 0.6 is 0 Å². The number of nitrogens with one attached hydrogen (secondary N) is 2. The average molecular weight is 350 g/mol. The molecule has 0 saturated heterocycles. The summed E-state index contributed by atoms with van der Waals surface area (Å²) in [5.74, 6) is -2.07. The SMILES string of the molecule is CS(=O)(=O)c1cc(C(F)(F)F)ccc1C(=O)c1c(O)[nH][nH]c1=O. The van der Waals surface area contributed by atoms with E-state index in [0.717, 1.165) is 0 Å². The molecule has 0 saturated carbocycles. The largest absolute Gasteiger partial charge is 0.493 e. The summed E-state index contributed by atoms with van der Waals surface area (Å²) in [4.78, 5) is 22.8. The molecule has 1 aromatic heterocycles. The average Bonchev–Trinajstić information content (AvgIpc) is 2.75. The zero-order valence-corrected chi connectivity index (χ0v) is 12.2. The molecule has 0 amide bonds. The Kier molecular flexibility index (Phi) is 3.85. The minimum absolute atomic E-state index is 0.306. The highest BCUT2D eigenvalue weighted by atomic mass is 32.2. The van der Waals surface area contributed by atoms with Gasteiger partial charge in [-0.1, -0.05) is 0 Å². The maximum Gasteiger partial charge on any atom is 0.416 e. The second kappa shape index (κ2) is 5.26. The van der Waals surface area contributed by atoms with Gasteiger partial charge in [-0.25, -0.2) is 8.42 Å². The van der Waals surface area contributed by atoms with Crippen LogP contribution in [0.1, 0.15) is 21.5 Å². The lowest BCUT2D eigenvalue weighted by atomic mass is 10.0. The standard InChI is InChI=1S/C12H9F3N2O5S/c1-23(21,22)7-4-5(12(13,14)15)2-3-6(7)9(18)8-10(19)16-17-11(8)20/h2-4H,1H3,(H3,16,17,19,20). The number of alkyl halides is 3. The van der Waals surface area contributed by atoms with Crippen LogP contribution in [0.5, 0.6) is 5.88 Å². The number of carbonyl (C=O) groups is 1. The van der Waals surface area contributed by atoms with Gasteiger partial charge >= 0.3 is 6.18 Å². The molecule has 0 radical (unpaired) electrons. The smallest absolute Gasteiger partial charge is 0.416 e. The number of H-pyrrole nitrogens is 2. The molecule has 1 heterocycles. The Bertz CT molecular complexity index is 940.